The fraction of sp³-hybridized carbons (Fsp3) is 0.526. The highest BCUT2D eigenvalue weighted by molar-refractivity contribution is 5.73. The van der Waals surface area contributed by atoms with Crippen molar-refractivity contribution in [3.05, 3.63) is 41.5 Å². The Balaban J connectivity index is 0.000000362. The standard InChI is InChI=1S/C15H21N5O.2C2HF3O2/c1-3-20-15-13(11-21-2)9-19(10-14(15)17-18-20)8-12-4-6-16-7-5-12;2*3-2(4,5)1(6)7/h4-7,13H,3,8-11H2,1-2H3;2*(H,6,7). The van der Waals surface area contributed by atoms with Crippen molar-refractivity contribution in [1.29, 1.82) is 0 Å². The lowest BCUT2D eigenvalue weighted by Gasteiger charge is -2.32. The van der Waals surface area contributed by atoms with Crippen LogP contribution >= 0.6 is 0 Å². The molecule has 1 aliphatic heterocycles. The Labute approximate surface area is 195 Å². The number of rotatable bonds is 5. The summed E-state index contributed by atoms with van der Waals surface area (Å²) in [5.74, 6) is -5.18. The summed E-state index contributed by atoms with van der Waals surface area (Å²) in [5, 5.41) is 22.9. The number of halogens is 6. The molecule has 0 saturated carbocycles. The molecule has 3 heterocycles. The third-order valence-electron chi connectivity index (χ3n) is 4.39. The zero-order valence-corrected chi connectivity index (χ0v) is 18.5. The lowest BCUT2D eigenvalue weighted by Crippen LogP contribution is -2.36. The average molecular weight is 515 g/mol. The molecular weight excluding hydrogens is 492 g/mol. The molecular formula is C19H23F6N5O5. The van der Waals surface area contributed by atoms with Crippen molar-refractivity contribution in [3.8, 4) is 0 Å². The summed E-state index contributed by atoms with van der Waals surface area (Å²) >= 11 is 0. The molecule has 0 fully saturated rings. The first kappa shape index (κ1) is 29.8. The largest absolute Gasteiger partial charge is 0.490 e. The Kier molecular flexibility index (Phi) is 11.0. The molecule has 196 valence electrons. The number of aliphatic carboxylic acids is 2. The predicted molar refractivity (Wildman–Crippen MR) is 106 cm³/mol. The van der Waals surface area contributed by atoms with E-state index in [4.69, 9.17) is 24.5 Å². The third kappa shape index (κ3) is 9.86. The highest BCUT2D eigenvalue weighted by Crippen LogP contribution is 2.28. The Morgan fingerprint density at radius 2 is 1.60 bits per heavy atom. The number of hydrogen-bond acceptors (Lipinski definition) is 7. The van der Waals surface area contributed by atoms with Gasteiger partial charge in [-0.3, -0.25) is 9.88 Å². The lowest BCUT2D eigenvalue weighted by atomic mass is 9.98. The quantitative estimate of drug-likeness (QED) is 0.577. The van der Waals surface area contributed by atoms with Crippen molar-refractivity contribution in [1.82, 2.24) is 24.9 Å². The van der Waals surface area contributed by atoms with E-state index in [2.05, 4.69) is 39.3 Å². The first-order valence-electron chi connectivity index (χ1n) is 9.83. The molecule has 0 amide bonds. The second kappa shape index (κ2) is 13.0. The van der Waals surface area contributed by atoms with Crippen molar-refractivity contribution < 1.29 is 50.9 Å². The van der Waals surface area contributed by atoms with Gasteiger partial charge >= 0.3 is 24.3 Å². The topological polar surface area (TPSA) is 131 Å². The van der Waals surface area contributed by atoms with Gasteiger partial charge in [-0.2, -0.15) is 26.3 Å². The van der Waals surface area contributed by atoms with Gasteiger partial charge in [-0.25, -0.2) is 14.3 Å². The van der Waals surface area contributed by atoms with Gasteiger partial charge in [-0.05, 0) is 24.6 Å². The number of alkyl halides is 6. The number of carboxylic acids is 2. The van der Waals surface area contributed by atoms with Gasteiger partial charge in [-0.1, -0.05) is 5.21 Å². The van der Waals surface area contributed by atoms with Crippen molar-refractivity contribution in [2.45, 2.75) is 44.8 Å². The molecule has 10 nitrogen and oxygen atoms in total. The second-order valence-corrected chi connectivity index (χ2v) is 7.02. The summed E-state index contributed by atoms with van der Waals surface area (Å²) in [5.41, 5.74) is 3.59. The molecule has 3 rings (SSSR count). The van der Waals surface area contributed by atoms with Crippen LogP contribution in [-0.4, -0.2) is 79.6 Å². The number of fused-ring (bicyclic) bond motifs is 1. The number of pyridine rings is 1. The molecule has 2 aromatic rings. The molecule has 1 unspecified atom stereocenters. The van der Waals surface area contributed by atoms with E-state index in [0.717, 1.165) is 31.9 Å². The number of methoxy groups -OCH3 is 1. The van der Waals surface area contributed by atoms with Crippen molar-refractivity contribution in [3.63, 3.8) is 0 Å². The molecule has 0 aromatic carbocycles. The van der Waals surface area contributed by atoms with Crippen molar-refractivity contribution in [2.75, 3.05) is 20.3 Å². The summed E-state index contributed by atoms with van der Waals surface area (Å²) in [6, 6.07) is 4.12. The fourth-order valence-corrected chi connectivity index (χ4v) is 3.02. The summed E-state index contributed by atoms with van der Waals surface area (Å²) in [7, 11) is 1.75. The number of aromatic nitrogens is 4. The third-order valence-corrected chi connectivity index (χ3v) is 4.39. The van der Waals surface area contributed by atoms with Gasteiger partial charge in [0, 0.05) is 51.6 Å². The van der Waals surface area contributed by atoms with Crippen LogP contribution in [0.4, 0.5) is 26.3 Å². The van der Waals surface area contributed by atoms with Crippen LogP contribution in [0.25, 0.3) is 0 Å². The van der Waals surface area contributed by atoms with Gasteiger partial charge in [0.2, 0.25) is 0 Å². The maximum Gasteiger partial charge on any atom is 0.490 e. The molecule has 0 bridgehead atoms. The first-order valence-corrected chi connectivity index (χ1v) is 9.83. The molecule has 1 aliphatic rings. The SMILES string of the molecule is CCn1nnc2c1C(COC)CN(Cc1ccncc1)C2.O=C(O)C(F)(F)F.O=C(O)C(F)(F)F. The van der Waals surface area contributed by atoms with E-state index in [1.54, 1.807) is 7.11 Å². The van der Waals surface area contributed by atoms with Crippen LogP contribution in [-0.2, 0) is 34.0 Å². The van der Waals surface area contributed by atoms with E-state index < -0.39 is 24.3 Å². The Bertz CT molecular complexity index is 928. The molecule has 16 heteroatoms. The molecule has 2 aromatic heterocycles. The van der Waals surface area contributed by atoms with Gasteiger partial charge in [0.15, 0.2) is 0 Å². The minimum atomic E-state index is -5.08. The minimum Gasteiger partial charge on any atom is -0.475 e. The normalized spacial score (nSPS) is 15.7. The molecule has 1 atom stereocenters. The van der Waals surface area contributed by atoms with Crippen LogP contribution < -0.4 is 0 Å². The molecule has 0 radical (unpaired) electrons. The Hall–Kier alpha value is -3.27. The maximum absolute atomic E-state index is 10.6. The van der Waals surface area contributed by atoms with Gasteiger partial charge in [0.1, 0.15) is 5.69 Å². The van der Waals surface area contributed by atoms with Crippen LogP contribution in [0.5, 0.6) is 0 Å². The van der Waals surface area contributed by atoms with Gasteiger partial charge in [-0.15, -0.1) is 5.10 Å². The maximum atomic E-state index is 10.6. The van der Waals surface area contributed by atoms with Crippen molar-refractivity contribution >= 4 is 11.9 Å². The van der Waals surface area contributed by atoms with E-state index in [1.807, 2.05) is 17.1 Å². The molecule has 0 aliphatic carbocycles. The van der Waals surface area contributed by atoms with Crippen LogP contribution in [0.1, 0.15) is 29.8 Å². The van der Waals surface area contributed by atoms with Gasteiger partial charge in [0.05, 0.1) is 12.3 Å². The highest BCUT2D eigenvalue weighted by Gasteiger charge is 2.39. The summed E-state index contributed by atoms with van der Waals surface area (Å²) in [4.78, 5) is 24.3. The van der Waals surface area contributed by atoms with Crippen LogP contribution in [0.15, 0.2) is 24.5 Å². The molecule has 35 heavy (non-hydrogen) atoms. The van der Waals surface area contributed by atoms with E-state index in [0.29, 0.717) is 12.5 Å². The number of carbonyl (C=O) groups is 2. The number of aryl methyl sites for hydroxylation is 1. The predicted octanol–water partition coefficient (Wildman–Crippen LogP) is 2.71. The summed E-state index contributed by atoms with van der Waals surface area (Å²) < 4.78 is 70.9. The molecule has 2 N–H and O–H groups in total. The molecule has 0 saturated heterocycles. The van der Waals surface area contributed by atoms with Gasteiger partial charge in [0.25, 0.3) is 0 Å². The van der Waals surface area contributed by atoms with Crippen LogP contribution in [0.3, 0.4) is 0 Å². The number of hydrogen-bond donors (Lipinski definition) is 2. The average Bonchev–Trinajstić information content (AvgIpc) is 3.17. The lowest BCUT2D eigenvalue weighted by molar-refractivity contribution is -0.193. The smallest absolute Gasteiger partial charge is 0.475 e. The van der Waals surface area contributed by atoms with Gasteiger partial charge < -0.3 is 14.9 Å². The fourth-order valence-electron chi connectivity index (χ4n) is 3.02. The highest BCUT2D eigenvalue weighted by atomic mass is 19.4. The number of nitrogens with zero attached hydrogens (tertiary/aromatic N) is 5. The van der Waals surface area contributed by atoms with Crippen LogP contribution in [0, 0.1) is 0 Å². The summed E-state index contributed by atoms with van der Waals surface area (Å²) in [6.07, 6.45) is -6.49. The monoisotopic (exact) mass is 515 g/mol. The Morgan fingerprint density at radius 1 is 1.09 bits per heavy atom. The van der Waals surface area contributed by atoms with E-state index >= 15 is 0 Å². The number of ether oxygens (including phenoxy) is 1. The first-order chi connectivity index (χ1) is 16.2. The van der Waals surface area contributed by atoms with Crippen molar-refractivity contribution in [2.24, 2.45) is 0 Å². The molecule has 0 spiro atoms. The van der Waals surface area contributed by atoms with E-state index in [9.17, 15) is 26.3 Å². The zero-order valence-electron chi connectivity index (χ0n) is 18.5. The second-order valence-electron chi connectivity index (χ2n) is 7.02. The summed E-state index contributed by atoms with van der Waals surface area (Å²) in [6.45, 7) is 6.37. The zero-order chi connectivity index (χ0) is 26.8. The minimum absolute atomic E-state index is 0.329. The van der Waals surface area contributed by atoms with E-state index in [1.165, 1.54) is 11.3 Å². The Morgan fingerprint density at radius 3 is 2.03 bits per heavy atom. The van der Waals surface area contributed by atoms with Crippen LogP contribution in [0.2, 0.25) is 0 Å². The van der Waals surface area contributed by atoms with E-state index in [-0.39, 0.29) is 0 Å². The number of carboxylic acid groups (broad SMARTS) is 2.